The molecule has 1 fully saturated rings. The molecule has 1 N–H and O–H groups in total. The fraction of sp³-hybridized carbons (Fsp3) is 0.423. The lowest BCUT2D eigenvalue weighted by molar-refractivity contribution is -0.126. The van der Waals surface area contributed by atoms with Crippen molar-refractivity contribution in [2.24, 2.45) is 5.92 Å². The van der Waals surface area contributed by atoms with Crippen LogP contribution in [0.2, 0.25) is 0 Å². The minimum absolute atomic E-state index is 0.0316. The molecule has 3 aromatic rings. The number of piperidine rings is 1. The molecule has 1 aliphatic rings. The highest BCUT2D eigenvalue weighted by Crippen LogP contribution is 2.31. The number of methoxy groups -OCH3 is 2. The Labute approximate surface area is 210 Å². The molecule has 8 nitrogen and oxygen atoms in total. The molecule has 1 atom stereocenters. The molecule has 2 heterocycles. The Morgan fingerprint density at radius 2 is 1.97 bits per heavy atom. The predicted molar refractivity (Wildman–Crippen MR) is 136 cm³/mol. The second-order valence-corrected chi connectivity index (χ2v) is 9.42. The lowest BCUT2D eigenvalue weighted by Crippen LogP contribution is -2.43. The summed E-state index contributed by atoms with van der Waals surface area (Å²) in [5.41, 5.74) is 2.02. The molecule has 9 heteroatoms. The first-order valence-electron chi connectivity index (χ1n) is 11.8. The molecular formula is C26H32N4O4S. The van der Waals surface area contributed by atoms with Crippen molar-refractivity contribution < 1.29 is 18.8 Å². The van der Waals surface area contributed by atoms with Gasteiger partial charge in [0.05, 0.1) is 26.7 Å². The average molecular weight is 497 g/mol. The summed E-state index contributed by atoms with van der Waals surface area (Å²) in [5, 5.41) is 7.24. The third-order valence-electron chi connectivity index (χ3n) is 6.22. The van der Waals surface area contributed by atoms with E-state index in [4.69, 9.17) is 14.0 Å². The number of nitrogens with zero attached hydrogens (tertiary/aromatic N) is 3. The van der Waals surface area contributed by atoms with E-state index < -0.39 is 0 Å². The quantitative estimate of drug-likeness (QED) is 0.421. The van der Waals surface area contributed by atoms with E-state index in [-0.39, 0.29) is 11.8 Å². The third kappa shape index (κ3) is 6.55. The highest BCUT2D eigenvalue weighted by Gasteiger charge is 2.26. The van der Waals surface area contributed by atoms with Crippen molar-refractivity contribution in [1.82, 2.24) is 20.4 Å². The number of hydrogen-bond acceptors (Lipinski definition) is 8. The minimum atomic E-state index is -0.0316. The molecule has 0 spiro atoms. The van der Waals surface area contributed by atoms with Crippen LogP contribution < -0.4 is 14.8 Å². The summed E-state index contributed by atoms with van der Waals surface area (Å²) >= 11 is 1.73. The summed E-state index contributed by atoms with van der Waals surface area (Å²) in [7, 11) is 3.19. The standard InChI is InChI=1S/C26H32N4O4S/c1-32-22-11-8-19(15-23(22)33-2)25-28-24(34-29-25)17-30-14-4-5-20(16-30)26(31)27-13-12-18-6-9-21(35-3)10-7-18/h6-11,15,20H,4-5,12-14,16-17H2,1-3H3,(H,27,31)/t20-/m1/s1. The van der Waals surface area contributed by atoms with Crippen LogP contribution in [0.5, 0.6) is 11.5 Å². The van der Waals surface area contributed by atoms with Crippen LogP contribution in [0.15, 0.2) is 51.9 Å². The first-order chi connectivity index (χ1) is 17.1. The van der Waals surface area contributed by atoms with Gasteiger partial charge in [0.25, 0.3) is 0 Å². The van der Waals surface area contributed by atoms with Crippen molar-refractivity contribution in [3.8, 4) is 22.9 Å². The van der Waals surface area contributed by atoms with Gasteiger partial charge in [-0.15, -0.1) is 11.8 Å². The van der Waals surface area contributed by atoms with Crippen molar-refractivity contribution in [1.29, 1.82) is 0 Å². The van der Waals surface area contributed by atoms with Gasteiger partial charge in [0, 0.05) is 23.5 Å². The van der Waals surface area contributed by atoms with Gasteiger partial charge in [-0.2, -0.15) is 4.98 Å². The summed E-state index contributed by atoms with van der Waals surface area (Å²) in [5.74, 6) is 2.37. The van der Waals surface area contributed by atoms with Gasteiger partial charge in [-0.25, -0.2) is 0 Å². The lowest BCUT2D eigenvalue weighted by Gasteiger charge is -2.30. The predicted octanol–water partition coefficient (Wildman–Crippen LogP) is 4.05. The Bertz CT molecular complexity index is 1120. The molecule has 0 aliphatic carbocycles. The smallest absolute Gasteiger partial charge is 0.241 e. The van der Waals surface area contributed by atoms with Crippen LogP contribution in [0.1, 0.15) is 24.3 Å². The van der Waals surface area contributed by atoms with Crippen molar-refractivity contribution >= 4 is 17.7 Å². The Morgan fingerprint density at radius 3 is 2.71 bits per heavy atom. The van der Waals surface area contributed by atoms with Crippen molar-refractivity contribution in [3.63, 3.8) is 0 Å². The zero-order chi connectivity index (χ0) is 24.6. The number of carbonyl (C=O) groups excluding carboxylic acids is 1. The monoisotopic (exact) mass is 496 g/mol. The molecule has 0 bridgehead atoms. The van der Waals surface area contributed by atoms with Gasteiger partial charge in [0.1, 0.15) is 0 Å². The fourth-order valence-electron chi connectivity index (χ4n) is 4.28. The van der Waals surface area contributed by atoms with E-state index in [9.17, 15) is 4.79 Å². The van der Waals surface area contributed by atoms with Crippen LogP contribution in [0.25, 0.3) is 11.4 Å². The third-order valence-corrected chi connectivity index (χ3v) is 6.96. The van der Waals surface area contributed by atoms with Crippen LogP contribution in [-0.2, 0) is 17.8 Å². The molecule has 2 aromatic carbocycles. The Hall–Kier alpha value is -3.04. The molecule has 0 radical (unpaired) electrons. The molecule has 186 valence electrons. The molecule has 1 amide bonds. The number of likely N-dealkylation sites (tertiary alicyclic amines) is 1. The maximum atomic E-state index is 12.8. The van der Waals surface area contributed by atoms with E-state index >= 15 is 0 Å². The average Bonchev–Trinajstić information content (AvgIpc) is 3.37. The number of amides is 1. The number of ether oxygens (including phenoxy) is 2. The summed E-state index contributed by atoms with van der Waals surface area (Å²) in [6, 6.07) is 14.0. The normalized spacial score (nSPS) is 16.1. The number of hydrogen-bond donors (Lipinski definition) is 1. The van der Waals surface area contributed by atoms with Gasteiger partial charge in [-0.1, -0.05) is 17.3 Å². The summed E-state index contributed by atoms with van der Waals surface area (Å²) < 4.78 is 16.2. The summed E-state index contributed by atoms with van der Waals surface area (Å²) in [6.45, 7) is 2.75. The lowest BCUT2D eigenvalue weighted by atomic mass is 9.97. The fourth-order valence-corrected chi connectivity index (χ4v) is 4.69. The molecule has 0 saturated carbocycles. The maximum absolute atomic E-state index is 12.8. The molecule has 1 saturated heterocycles. The van der Waals surface area contributed by atoms with E-state index in [2.05, 4.69) is 50.9 Å². The van der Waals surface area contributed by atoms with Gasteiger partial charge >= 0.3 is 0 Å². The largest absolute Gasteiger partial charge is 0.493 e. The number of rotatable bonds is 10. The van der Waals surface area contributed by atoms with Gasteiger partial charge < -0.3 is 19.3 Å². The number of thioether (sulfide) groups is 1. The van der Waals surface area contributed by atoms with Gasteiger partial charge in [0.15, 0.2) is 11.5 Å². The van der Waals surface area contributed by atoms with Gasteiger partial charge in [-0.3, -0.25) is 9.69 Å². The van der Waals surface area contributed by atoms with Crippen molar-refractivity contribution in [2.75, 3.05) is 40.1 Å². The second-order valence-electron chi connectivity index (χ2n) is 8.54. The number of carbonyl (C=O) groups is 1. The number of aromatic nitrogens is 2. The van der Waals surface area contributed by atoms with Crippen LogP contribution in [0.4, 0.5) is 0 Å². The zero-order valence-corrected chi connectivity index (χ0v) is 21.3. The van der Waals surface area contributed by atoms with E-state index in [1.54, 1.807) is 26.0 Å². The molecule has 0 unspecified atom stereocenters. The van der Waals surface area contributed by atoms with E-state index in [1.165, 1.54) is 10.5 Å². The first kappa shape index (κ1) is 25.1. The van der Waals surface area contributed by atoms with Crippen LogP contribution >= 0.6 is 11.8 Å². The maximum Gasteiger partial charge on any atom is 0.241 e. The van der Waals surface area contributed by atoms with E-state index in [1.807, 2.05) is 18.2 Å². The van der Waals surface area contributed by atoms with Crippen LogP contribution in [-0.4, -0.2) is 61.1 Å². The molecule has 35 heavy (non-hydrogen) atoms. The Morgan fingerprint density at radius 1 is 1.17 bits per heavy atom. The SMILES string of the molecule is COc1ccc(-c2noc(CN3CCC[C@@H](C(=O)NCCc4ccc(SC)cc4)C3)n2)cc1OC. The van der Waals surface area contributed by atoms with Gasteiger partial charge in [-0.05, 0) is 68.0 Å². The number of benzene rings is 2. The first-order valence-corrected chi connectivity index (χ1v) is 13.0. The molecular weight excluding hydrogens is 464 g/mol. The van der Waals surface area contributed by atoms with E-state index in [0.717, 1.165) is 31.4 Å². The summed E-state index contributed by atoms with van der Waals surface area (Å²) in [6.07, 6.45) is 4.76. The molecule has 1 aromatic heterocycles. The molecule has 4 rings (SSSR count). The van der Waals surface area contributed by atoms with Crippen LogP contribution in [0, 0.1) is 5.92 Å². The molecule has 1 aliphatic heterocycles. The highest BCUT2D eigenvalue weighted by molar-refractivity contribution is 7.98. The second kappa shape index (κ2) is 12.1. The topological polar surface area (TPSA) is 89.7 Å². The van der Waals surface area contributed by atoms with Gasteiger partial charge in [0.2, 0.25) is 17.6 Å². The van der Waals surface area contributed by atoms with Crippen molar-refractivity contribution in [3.05, 3.63) is 53.9 Å². The van der Waals surface area contributed by atoms with E-state index in [0.29, 0.717) is 42.8 Å². The Kier molecular flexibility index (Phi) is 8.65. The van der Waals surface area contributed by atoms with Crippen LogP contribution in [0.3, 0.4) is 0 Å². The Balaban J connectivity index is 1.28. The highest BCUT2D eigenvalue weighted by atomic mass is 32.2. The number of nitrogens with one attached hydrogen (secondary N) is 1. The summed E-state index contributed by atoms with van der Waals surface area (Å²) in [4.78, 5) is 20.8. The van der Waals surface area contributed by atoms with Crippen molar-refractivity contribution in [2.45, 2.75) is 30.7 Å². The zero-order valence-electron chi connectivity index (χ0n) is 20.5. The minimum Gasteiger partial charge on any atom is -0.493 e.